The molecular formula is C58H69N11O10S. The average molecular weight is 1110 g/mol. The molecule has 21 nitrogen and oxygen atoms in total. The number of aromatic nitrogens is 5. The van der Waals surface area contributed by atoms with Crippen LogP contribution in [0.5, 0.6) is 17.5 Å². The largest absolute Gasteiger partial charge is 0.507 e. The zero-order chi connectivity index (χ0) is 55.6. The van der Waals surface area contributed by atoms with Crippen LogP contribution >= 0.6 is 11.3 Å². The molecule has 2 aromatic carbocycles. The van der Waals surface area contributed by atoms with E-state index in [1.807, 2.05) is 87.9 Å². The molecule has 1 aliphatic carbocycles. The Morgan fingerprint density at radius 1 is 0.863 bits per heavy atom. The van der Waals surface area contributed by atoms with Crippen molar-refractivity contribution in [3.05, 3.63) is 102 Å². The van der Waals surface area contributed by atoms with Crippen LogP contribution in [-0.4, -0.2) is 152 Å². The first kappa shape index (κ1) is 54.4. The van der Waals surface area contributed by atoms with Crippen molar-refractivity contribution in [1.82, 2.24) is 40.4 Å². The van der Waals surface area contributed by atoms with E-state index >= 15 is 0 Å². The van der Waals surface area contributed by atoms with Gasteiger partial charge in [0.15, 0.2) is 11.6 Å². The quantitative estimate of drug-likeness (QED) is 0.0616. The van der Waals surface area contributed by atoms with Gasteiger partial charge in [0, 0.05) is 93.7 Å². The van der Waals surface area contributed by atoms with Crippen molar-refractivity contribution >= 4 is 46.4 Å². The Morgan fingerprint density at radius 3 is 2.35 bits per heavy atom. The number of aryl methyl sites for hydroxylation is 1. The van der Waals surface area contributed by atoms with Gasteiger partial charge in [-0.1, -0.05) is 50.2 Å². The number of thiazole rings is 1. The van der Waals surface area contributed by atoms with E-state index in [-0.39, 0.29) is 97.7 Å². The van der Waals surface area contributed by atoms with Crippen LogP contribution in [0.4, 0.5) is 22.0 Å². The second-order valence-electron chi connectivity index (χ2n) is 22.0. The topological polar surface area (TPSA) is 257 Å². The van der Waals surface area contributed by atoms with Crippen LogP contribution in [0.2, 0.25) is 0 Å². The van der Waals surface area contributed by atoms with Crippen LogP contribution in [0, 0.1) is 12.8 Å². The maximum absolute atomic E-state index is 14.2. The number of carbonyl (C=O) groups is 3. The van der Waals surface area contributed by atoms with Crippen molar-refractivity contribution in [2.45, 2.75) is 127 Å². The first-order valence-corrected chi connectivity index (χ1v) is 28.6. The number of likely N-dealkylation sites (tertiary alicyclic amines) is 2. The fourth-order valence-corrected chi connectivity index (χ4v) is 12.7. The number of ether oxygens (including phenoxy) is 4. The molecule has 1 saturated carbocycles. The van der Waals surface area contributed by atoms with Gasteiger partial charge in [-0.25, -0.2) is 14.8 Å². The van der Waals surface area contributed by atoms with Crippen molar-refractivity contribution in [3.8, 4) is 39.2 Å². The molecule has 22 heteroatoms. The minimum Gasteiger partial charge on any atom is -0.507 e. The molecule has 3 amide bonds. The van der Waals surface area contributed by atoms with Crippen molar-refractivity contribution in [3.63, 3.8) is 0 Å². The van der Waals surface area contributed by atoms with Gasteiger partial charge in [0.05, 0.1) is 51.8 Å². The molecule has 5 aliphatic rings. The second kappa shape index (κ2) is 23.6. The number of carbonyl (C=O) groups excluding carboxylic acids is 3. The van der Waals surface area contributed by atoms with Crippen LogP contribution in [0.15, 0.2) is 89.0 Å². The van der Waals surface area contributed by atoms with E-state index in [1.54, 1.807) is 34.4 Å². The van der Waals surface area contributed by atoms with Crippen LogP contribution in [0.1, 0.15) is 94.7 Å². The normalized spacial score (nSPS) is 22.7. The summed E-state index contributed by atoms with van der Waals surface area (Å²) < 4.78 is 29.8. The number of rotatable bonds is 18. The molecule has 4 aromatic heterocycles. The fraction of sp³-hybridized carbons (Fsp3) is 0.483. The maximum Gasteiger partial charge on any atom is 0.409 e. The number of hydrogen-bond acceptors (Lipinski definition) is 19. The zero-order valence-electron chi connectivity index (χ0n) is 45.4. The lowest BCUT2D eigenvalue weighted by atomic mass is 9.91. The summed E-state index contributed by atoms with van der Waals surface area (Å²) in [4.78, 5) is 58.9. The van der Waals surface area contributed by atoms with Gasteiger partial charge >= 0.3 is 6.09 Å². The number of phenols is 1. The lowest BCUT2D eigenvalue weighted by Gasteiger charge is -2.43. The molecule has 4 aliphatic heterocycles. The Balaban J connectivity index is 0.587. The van der Waals surface area contributed by atoms with Crippen LogP contribution in [0.25, 0.3) is 21.7 Å². The molecule has 0 radical (unpaired) electrons. The molecule has 422 valence electrons. The summed E-state index contributed by atoms with van der Waals surface area (Å²) in [5.41, 5.74) is 14.2. The molecule has 2 bridgehead atoms. The second-order valence-corrected chi connectivity index (χ2v) is 22.8. The highest BCUT2D eigenvalue weighted by Gasteiger charge is 2.45. The number of piperazine rings is 1. The molecule has 2 unspecified atom stereocenters. The Morgan fingerprint density at radius 2 is 1.62 bits per heavy atom. The van der Waals surface area contributed by atoms with Crippen LogP contribution < -0.4 is 30.3 Å². The van der Waals surface area contributed by atoms with Crippen LogP contribution in [-0.2, 0) is 19.1 Å². The Bertz CT molecular complexity index is 3130. The number of aliphatic hydroxyl groups excluding tert-OH is 1. The van der Waals surface area contributed by atoms with Gasteiger partial charge in [-0.2, -0.15) is 0 Å². The number of piperidine rings is 1. The predicted molar refractivity (Wildman–Crippen MR) is 298 cm³/mol. The summed E-state index contributed by atoms with van der Waals surface area (Å²) in [5, 5.41) is 36.8. The van der Waals surface area contributed by atoms with Gasteiger partial charge < -0.3 is 64.3 Å². The lowest BCUT2D eigenvalue weighted by Crippen LogP contribution is -2.54. The Labute approximate surface area is 468 Å². The number of nitrogens with two attached hydrogens (primary N) is 1. The minimum absolute atomic E-state index is 0.000595. The number of phenolic OH excluding ortho intramolecular Hbond substituents is 1. The van der Waals surface area contributed by atoms with E-state index in [2.05, 4.69) is 46.5 Å². The highest BCUT2D eigenvalue weighted by Crippen LogP contribution is 2.41. The summed E-state index contributed by atoms with van der Waals surface area (Å²) in [6, 6.07) is 21.9. The predicted octanol–water partition coefficient (Wildman–Crippen LogP) is 7.29. The van der Waals surface area contributed by atoms with Gasteiger partial charge in [-0.15, -0.1) is 21.5 Å². The van der Waals surface area contributed by atoms with Gasteiger partial charge in [0.1, 0.15) is 37.0 Å². The molecule has 6 atom stereocenters. The van der Waals surface area contributed by atoms with Gasteiger partial charge in [0.2, 0.25) is 17.7 Å². The molecule has 5 fully saturated rings. The third-order valence-electron chi connectivity index (χ3n) is 16.2. The number of nitrogens with zero attached hydrogens (tertiary/aromatic N) is 9. The molecule has 8 heterocycles. The number of aromatic hydroxyl groups is 1. The van der Waals surface area contributed by atoms with E-state index in [4.69, 9.17) is 29.2 Å². The highest BCUT2D eigenvalue weighted by atomic mass is 32.1. The molecule has 80 heavy (non-hydrogen) atoms. The number of nitrogens with one attached hydrogen (secondary N) is 1. The van der Waals surface area contributed by atoms with Crippen molar-refractivity contribution in [2.75, 3.05) is 61.5 Å². The van der Waals surface area contributed by atoms with Gasteiger partial charge in [-0.05, 0) is 86.0 Å². The number of fused-ring (bicyclic) bond motifs is 2. The van der Waals surface area contributed by atoms with E-state index < -0.39 is 24.2 Å². The van der Waals surface area contributed by atoms with Crippen LogP contribution in [0.3, 0.4) is 0 Å². The van der Waals surface area contributed by atoms with Gasteiger partial charge in [0.25, 0.3) is 5.88 Å². The number of nitrogen functional groups attached to an aromatic ring is 1. The van der Waals surface area contributed by atoms with Crippen molar-refractivity contribution in [1.29, 1.82) is 0 Å². The summed E-state index contributed by atoms with van der Waals surface area (Å²) in [7, 11) is 0. The molecule has 6 aromatic rings. The summed E-state index contributed by atoms with van der Waals surface area (Å²) in [6.07, 6.45) is 5.72. The number of anilines is 3. The SMILES string of the molecule is Cc1ncsc1-c1ccc([C@H](C)NC(=O)[C@@H]2C[C@@H](O)CN2C(=O)[C@@H](c2cc(OCCOC(=O)N3CCC(O[C@H]4C[C@H](Oc5cc(N6C7CCC6CN(c6cc(-c8ccccc8O)nnc6N)C7)ccn5)C4)CC3)no2)C(C)C)cc1. The number of aliphatic hydroxyl groups is 1. The van der Waals surface area contributed by atoms with E-state index in [9.17, 15) is 24.6 Å². The number of para-hydroxylation sites is 1. The molecule has 5 N–H and O–H groups in total. The lowest BCUT2D eigenvalue weighted by molar-refractivity contribution is -0.141. The number of β-amino-alcohol motifs (C(OH)–C–C–N with tert-alkyl or cyclic N) is 1. The smallest absolute Gasteiger partial charge is 0.409 e. The maximum atomic E-state index is 14.2. The highest BCUT2D eigenvalue weighted by molar-refractivity contribution is 7.13. The molecule has 0 spiro atoms. The van der Waals surface area contributed by atoms with E-state index in [0.717, 1.165) is 71.8 Å². The van der Waals surface area contributed by atoms with Gasteiger partial charge in [-0.3, -0.25) is 9.59 Å². The fourth-order valence-electron chi connectivity index (χ4n) is 11.9. The van der Waals surface area contributed by atoms with Crippen molar-refractivity contribution in [2.24, 2.45) is 5.92 Å². The summed E-state index contributed by atoms with van der Waals surface area (Å²) >= 11 is 1.58. The number of amides is 3. The standard InChI is InChI=1S/C58H69N11O10S/c1-33(2)53(57(73)68-31-41(70)24-48(68)56(72)62-34(3)36-9-11-37(12-10-36)54-35(4)61-32-80-54)50-28-52(65-79-50)75-21-22-76-58(74)66-19-16-42(17-20-66)77-43-25-44(26-43)78-51-23-38(15-18-60-51)69-39-13-14-40(69)30-67(29-39)47-27-46(63-64-55(47)59)45-7-5-6-8-49(45)71/h5-12,15,18,23,27-28,32-34,39-44,48,53,70-71H,13-14,16-17,19-22,24-26,29-31H2,1-4H3,(H2,59,64)(H,62,72)/t34-,39?,40?,41+,43-,44-,48-,53+/m0/s1. The third kappa shape index (κ3) is 11.8. The summed E-state index contributed by atoms with van der Waals surface area (Å²) in [6.45, 7) is 10.2. The zero-order valence-corrected chi connectivity index (χ0v) is 46.2. The molecule has 4 saturated heterocycles. The number of benzene rings is 2. The summed E-state index contributed by atoms with van der Waals surface area (Å²) in [5.74, 6) is -0.231. The van der Waals surface area contributed by atoms with E-state index in [0.29, 0.717) is 48.9 Å². The number of hydrogen-bond donors (Lipinski definition) is 4. The Hall–Kier alpha value is -7.56. The monoisotopic (exact) mass is 1110 g/mol. The van der Waals surface area contributed by atoms with Crippen molar-refractivity contribution < 1.29 is 48.1 Å². The third-order valence-corrected chi connectivity index (χ3v) is 17.2. The molecule has 11 rings (SSSR count). The number of pyridine rings is 1. The minimum atomic E-state index is -0.873. The first-order valence-electron chi connectivity index (χ1n) is 27.8. The van der Waals surface area contributed by atoms with E-state index in [1.165, 1.54) is 4.90 Å². The first-order chi connectivity index (χ1) is 38.7. The average Bonchev–Trinajstić information content (AvgIpc) is 4.30. The Kier molecular flexibility index (Phi) is 16.1. The molecular weight excluding hydrogens is 1040 g/mol.